The van der Waals surface area contributed by atoms with Crippen LogP contribution in [0.25, 0.3) is 0 Å². The number of thioether (sulfide) groups is 1. The second-order valence-electron chi connectivity index (χ2n) is 4.19. The number of carbonyl (C=O) groups is 1. The van der Waals surface area contributed by atoms with Gasteiger partial charge in [0, 0.05) is 0 Å². The quantitative estimate of drug-likeness (QED) is 0.721. The van der Waals surface area contributed by atoms with Crippen molar-refractivity contribution in [1.29, 1.82) is 0 Å². The number of rotatable bonds is 4. The number of aromatic amines is 2. The number of anilines is 1. The Labute approximate surface area is 130 Å². The van der Waals surface area contributed by atoms with E-state index >= 15 is 0 Å². The van der Waals surface area contributed by atoms with Crippen LogP contribution in [0.2, 0.25) is 0 Å². The lowest BCUT2D eigenvalue weighted by molar-refractivity contribution is -0.137. The fraction of sp³-hybridized carbons (Fsp3) is 0.167. The van der Waals surface area contributed by atoms with Gasteiger partial charge in [0.25, 0.3) is 5.56 Å². The van der Waals surface area contributed by atoms with Crippen molar-refractivity contribution in [3.63, 3.8) is 0 Å². The number of H-pyrrole nitrogens is 2. The van der Waals surface area contributed by atoms with Gasteiger partial charge in [0.1, 0.15) is 0 Å². The monoisotopic (exact) mass is 346 g/mol. The molecule has 23 heavy (non-hydrogen) atoms. The molecule has 122 valence electrons. The van der Waals surface area contributed by atoms with Gasteiger partial charge in [-0.15, -0.1) is 0 Å². The Bertz CT molecular complexity index is 831. The first-order valence-electron chi connectivity index (χ1n) is 6.05. The molecule has 0 atom stereocenters. The number of aromatic nitrogens is 3. The lowest BCUT2D eigenvalue weighted by atomic mass is 10.1. The van der Waals surface area contributed by atoms with Gasteiger partial charge in [-0.3, -0.25) is 14.6 Å². The maximum absolute atomic E-state index is 12.8. The molecule has 7 nitrogen and oxygen atoms in total. The maximum atomic E-state index is 12.8. The number of nitrogens with one attached hydrogen (secondary N) is 3. The first-order valence-corrected chi connectivity index (χ1v) is 7.04. The predicted molar refractivity (Wildman–Crippen MR) is 76.3 cm³/mol. The molecule has 11 heteroatoms. The number of halogens is 3. The van der Waals surface area contributed by atoms with Gasteiger partial charge in [0.05, 0.1) is 17.0 Å². The highest BCUT2D eigenvalue weighted by Crippen LogP contribution is 2.34. The predicted octanol–water partition coefficient (Wildman–Crippen LogP) is 1.21. The van der Waals surface area contributed by atoms with E-state index in [0.717, 1.165) is 12.1 Å². The topological polar surface area (TPSA) is 108 Å². The van der Waals surface area contributed by atoms with Crippen molar-refractivity contribution < 1.29 is 18.0 Å². The summed E-state index contributed by atoms with van der Waals surface area (Å²) in [5.74, 6) is -1.10. The summed E-state index contributed by atoms with van der Waals surface area (Å²) in [6.45, 7) is 0. The Kier molecular flexibility index (Phi) is 4.89. The van der Waals surface area contributed by atoms with E-state index in [4.69, 9.17) is 0 Å². The molecular formula is C12H9F3N4O3S. The van der Waals surface area contributed by atoms with Crippen LogP contribution < -0.4 is 16.6 Å². The number of hydrogen-bond acceptors (Lipinski definition) is 5. The molecule has 1 amide bonds. The molecule has 0 saturated carbocycles. The summed E-state index contributed by atoms with van der Waals surface area (Å²) in [5.41, 5.74) is -2.95. The van der Waals surface area contributed by atoms with Crippen molar-refractivity contribution in [1.82, 2.24) is 15.2 Å². The van der Waals surface area contributed by atoms with Gasteiger partial charge in [-0.2, -0.15) is 18.3 Å². The van der Waals surface area contributed by atoms with Crippen molar-refractivity contribution in [2.45, 2.75) is 11.2 Å². The fourth-order valence-electron chi connectivity index (χ4n) is 1.59. The van der Waals surface area contributed by atoms with Gasteiger partial charge in [-0.05, 0) is 12.1 Å². The third-order valence-corrected chi connectivity index (χ3v) is 3.48. The molecule has 2 rings (SSSR count). The van der Waals surface area contributed by atoms with E-state index in [1.165, 1.54) is 12.1 Å². The van der Waals surface area contributed by atoms with Gasteiger partial charge in [-0.1, -0.05) is 23.9 Å². The molecular weight excluding hydrogens is 337 g/mol. The molecule has 0 aliphatic heterocycles. The van der Waals surface area contributed by atoms with Crippen molar-refractivity contribution in [3.05, 3.63) is 50.7 Å². The summed E-state index contributed by atoms with van der Waals surface area (Å²) in [6.07, 6.45) is -4.60. The SMILES string of the molecule is O=C(CSc1n[nH]c(=O)[nH]c1=O)Nc1ccccc1C(F)(F)F. The van der Waals surface area contributed by atoms with E-state index in [9.17, 15) is 27.6 Å². The smallest absolute Gasteiger partial charge is 0.325 e. The van der Waals surface area contributed by atoms with Crippen LogP contribution in [0.1, 0.15) is 5.56 Å². The lowest BCUT2D eigenvalue weighted by Gasteiger charge is -2.13. The lowest BCUT2D eigenvalue weighted by Crippen LogP contribution is -2.26. The van der Waals surface area contributed by atoms with E-state index in [0.29, 0.717) is 11.8 Å². The van der Waals surface area contributed by atoms with Crippen LogP contribution in [0.3, 0.4) is 0 Å². The van der Waals surface area contributed by atoms with Crippen molar-refractivity contribution in [2.24, 2.45) is 0 Å². The average Bonchev–Trinajstić information content (AvgIpc) is 2.46. The minimum absolute atomic E-state index is 0.177. The zero-order valence-corrected chi connectivity index (χ0v) is 12.0. The number of hydrogen-bond donors (Lipinski definition) is 3. The number of benzene rings is 1. The van der Waals surface area contributed by atoms with Crippen LogP contribution in [0, 0.1) is 0 Å². The Morgan fingerprint density at radius 1 is 1.26 bits per heavy atom. The molecule has 1 aromatic carbocycles. The third-order valence-electron chi connectivity index (χ3n) is 2.53. The van der Waals surface area contributed by atoms with E-state index < -0.39 is 28.9 Å². The highest BCUT2D eigenvalue weighted by molar-refractivity contribution is 7.99. The normalized spacial score (nSPS) is 11.3. The summed E-state index contributed by atoms with van der Waals surface area (Å²) in [5, 5.41) is 7.37. The largest absolute Gasteiger partial charge is 0.418 e. The molecule has 0 aliphatic rings. The molecule has 0 unspecified atom stereocenters. The minimum atomic E-state index is -4.60. The first-order chi connectivity index (χ1) is 10.8. The van der Waals surface area contributed by atoms with Gasteiger partial charge in [0.15, 0.2) is 5.03 Å². The molecule has 0 saturated heterocycles. The Hall–Kier alpha value is -2.56. The molecule has 0 radical (unpaired) electrons. The molecule has 0 fully saturated rings. The average molecular weight is 346 g/mol. The summed E-state index contributed by atoms with van der Waals surface area (Å²) in [6, 6.07) is 4.52. The molecule has 0 bridgehead atoms. The fourth-order valence-corrected chi connectivity index (χ4v) is 2.23. The van der Waals surface area contributed by atoms with Gasteiger partial charge in [0.2, 0.25) is 5.91 Å². The minimum Gasteiger partial charge on any atom is -0.325 e. The van der Waals surface area contributed by atoms with Crippen molar-refractivity contribution >= 4 is 23.4 Å². The highest BCUT2D eigenvalue weighted by Gasteiger charge is 2.33. The number of carbonyl (C=O) groups excluding carboxylic acids is 1. The molecule has 0 spiro atoms. The van der Waals surface area contributed by atoms with E-state index in [1.807, 2.05) is 10.1 Å². The zero-order valence-electron chi connectivity index (χ0n) is 11.2. The summed E-state index contributed by atoms with van der Waals surface area (Å²) < 4.78 is 38.4. The standard InChI is InChI=1S/C12H9F3N4O3S/c13-12(14,15)6-3-1-2-4-7(6)16-8(20)5-23-10-9(21)17-11(22)19-18-10/h1-4H,5H2,(H,16,20)(H2,17,19,21,22). The van der Waals surface area contributed by atoms with Crippen LogP contribution in [-0.4, -0.2) is 26.8 Å². The summed E-state index contributed by atoms with van der Waals surface area (Å²) in [7, 11) is 0. The number of amides is 1. The van der Waals surface area contributed by atoms with Crippen LogP contribution in [-0.2, 0) is 11.0 Å². The van der Waals surface area contributed by atoms with Gasteiger partial charge < -0.3 is 5.32 Å². The number of nitrogens with zero attached hydrogens (tertiary/aromatic N) is 1. The molecule has 1 heterocycles. The zero-order chi connectivity index (χ0) is 17.0. The summed E-state index contributed by atoms with van der Waals surface area (Å²) >= 11 is 0.678. The maximum Gasteiger partial charge on any atom is 0.418 e. The van der Waals surface area contributed by atoms with Crippen LogP contribution in [0.15, 0.2) is 38.9 Å². The molecule has 3 N–H and O–H groups in total. The Morgan fingerprint density at radius 2 is 1.96 bits per heavy atom. The Morgan fingerprint density at radius 3 is 2.61 bits per heavy atom. The molecule has 1 aromatic heterocycles. The highest BCUT2D eigenvalue weighted by atomic mass is 32.2. The van der Waals surface area contributed by atoms with Gasteiger partial charge >= 0.3 is 11.9 Å². The number of para-hydroxylation sites is 1. The van der Waals surface area contributed by atoms with Gasteiger partial charge in [-0.25, -0.2) is 9.89 Å². The third kappa shape index (κ3) is 4.45. The van der Waals surface area contributed by atoms with Crippen molar-refractivity contribution in [2.75, 3.05) is 11.1 Å². The van der Waals surface area contributed by atoms with Crippen LogP contribution >= 0.6 is 11.8 Å². The summed E-state index contributed by atoms with van der Waals surface area (Å²) in [4.78, 5) is 35.8. The number of alkyl halides is 3. The van der Waals surface area contributed by atoms with E-state index in [2.05, 4.69) is 10.4 Å². The Balaban J connectivity index is 2.06. The van der Waals surface area contributed by atoms with Crippen molar-refractivity contribution in [3.8, 4) is 0 Å². The second kappa shape index (κ2) is 6.69. The van der Waals surface area contributed by atoms with E-state index in [-0.39, 0.29) is 16.5 Å². The second-order valence-corrected chi connectivity index (χ2v) is 5.16. The van der Waals surface area contributed by atoms with E-state index in [1.54, 1.807) is 0 Å². The van der Waals surface area contributed by atoms with Crippen LogP contribution in [0.4, 0.5) is 18.9 Å². The molecule has 0 aliphatic carbocycles. The molecule has 2 aromatic rings. The first kappa shape index (κ1) is 16.8. The van der Waals surface area contributed by atoms with Crippen LogP contribution in [0.5, 0.6) is 0 Å².